The Morgan fingerprint density at radius 3 is 2.73 bits per heavy atom. The van der Waals surface area contributed by atoms with Crippen LogP contribution >= 0.6 is 11.6 Å². The standard InChI is InChI=1S/C22H18ClF2N5O3/c1-12-15(10-27-30(12)2)22(32,19-4-3-5-20(23)28-19)11-26-21(31)17-9-18(33-29-17)14-7-6-13(24)8-16(14)25/h3-10,32H,11H2,1-2H3,(H,26,31). The van der Waals surface area contributed by atoms with Crippen LogP contribution in [0, 0.1) is 18.6 Å². The molecule has 0 aliphatic carbocycles. The summed E-state index contributed by atoms with van der Waals surface area (Å²) in [5, 5.41) is 22.2. The van der Waals surface area contributed by atoms with Crippen molar-refractivity contribution in [2.45, 2.75) is 12.5 Å². The van der Waals surface area contributed by atoms with Gasteiger partial charge in [0.2, 0.25) is 0 Å². The molecule has 4 rings (SSSR count). The fourth-order valence-electron chi connectivity index (χ4n) is 3.36. The first kappa shape index (κ1) is 22.6. The van der Waals surface area contributed by atoms with Gasteiger partial charge in [-0.15, -0.1) is 0 Å². The fourth-order valence-corrected chi connectivity index (χ4v) is 3.53. The molecule has 3 aromatic heterocycles. The van der Waals surface area contributed by atoms with Crippen LogP contribution in [0.5, 0.6) is 0 Å². The van der Waals surface area contributed by atoms with Gasteiger partial charge in [-0.25, -0.2) is 13.8 Å². The Balaban J connectivity index is 1.60. The number of nitrogens with zero attached hydrogens (tertiary/aromatic N) is 4. The normalized spacial score (nSPS) is 13.0. The van der Waals surface area contributed by atoms with Crippen LogP contribution in [0.2, 0.25) is 5.15 Å². The van der Waals surface area contributed by atoms with Gasteiger partial charge in [-0.1, -0.05) is 22.8 Å². The van der Waals surface area contributed by atoms with E-state index in [2.05, 4.69) is 20.6 Å². The monoisotopic (exact) mass is 473 g/mol. The summed E-state index contributed by atoms with van der Waals surface area (Å²) in [6.45, 7) is 1.47. The number of rotatable bonds is 6. The quantitative estimate of drug-likeness (QED) is 0.416. The molecule has 0 bridgehead atoms. The molecule has 11 heteroatoms. The molecule has 33 heavy (non-hydrogen) atoms. The van der Waals surface area contributed by atoms with Gasteiger partial charge >= 0.3 is 0 Å². The highest BCUT2D eigenvalue weighted by Gasteiger charge is 2.37. The van der Waals surface area contributed by atoms with Gasteiger partial charge in [0.15, 0.2) is 17.1 Å². The van der Waals surface area contributed by atoms with E-state index in [1.165, 1.54) is 18.3 Å². The molecule has 0 saturated heterocycles. The number of carbonyl (C=O) groups is 1. The Bertz CT molecular complexity index is 1340. The van der Waals surface area contributed by atoms with Crippen LogP contribution < -0.4 is 5.32 Å². The van der Waals surface area contributed by atoms with Crippen molar-refractivity contribution in [1.82, 2.24) is 25.2 Å². The molecule has 170 valence electrons. The molecular weight excluding hydrogens is 456 g/mol. The summed E-state index contributed by atoms with van der Waals surface area (Å²) in [7, 11) is 1.72. The Labute approximate surface area is 191 Å². The van der Waals surface area contributed by atoms with Crippen LogP contribution in [-0.2, 0) is 12.6 Å². The van der Waals surface area contributed by atoms with Crippen LogP contribution in [0.3, 0.4) is 0 Å². The van der Waals surface area contributed by atoms with Crippen LogP contribution in [0.1, 0.15) is 27.4 Å². The minimum absolute atomic E-state index is 0.0476. The zero-order chi connectivity index (χ0) is 23.8. The highest BCUT2D eigenvalue weighted by Crippen LogP contribution is 2.31. The maximum atomic E-state index is 14.0. The van der Waals surface area contributed by atoms with Gasteiger partial charge < -0.3 is 14.9 Å². The predicted molar refractivity (Wildman–Crippen MR) is 114 cm³/mol. The summed E-state index contributed by atoms with van der Waals surface area (Å²) in [6.07, 6.45) is 1.48. The molecule has 2 N–H and O–H groups in total. The topological polar surface area (TPSA) is 106 Å². The first-order valence-electron chi connectivity index (χ1n) is 9.74. The van der Waals surface area contributed by atoms with E-state index in [9.17, 15) is 18.7 Å². The number of carbonyl (C=O) groups excluding carboxylic acids is 1. The van der Waals surface area contributed by atoms with Crippen LogP contribution in [0.25, 0.3) is 11.3 Å². The lowest BCUT2D eigenvalue weighted by Gasteiger charge is -2.28. The number of benzene rings is 1. The number of aliphatic hydroxyl groups is 1. The summed E-state index contributed by atoms with van der Waals surface area (Å²) in [6, 6.07) is 8.94. The van der Waals surface area contributed by atoms with Crippen molar-refractivity contribution in [2.24, 2.45) is 7.05 Å². The van der Waals surface area contributed by atoms with Crippen LogP contribution in [0.4, 0.5) is 8.78 Å². The van der Waals surface area contributed by atoms with Crippen molar-refractivity contribution in [3.8, 4) is 11.3 Å². The zero-order valence-electron chi connectivity index (χ0n) is 17.5. The first-order valence-corrected chi connectivity index (χ1v) is 10.1. The van der Waals surface area contributed by atoms with Gasteiger partial charge in [0.05, 0.1) is 24.0 Å². The van der Waals surface area contributed by atoms with E-state index >= 15 is 0 Å². The predicted octanol–water partition coefficient (Wildman–Crippen LogP) is 3.38. The minimum atomic E-state index is -1.76. The molecule has 0 aliphatic rings. The second kappa shape index (κ2) is 8.72. The van der Waals surface area contributed by atoms with Gasteiger partial charge in [-0.05, 0) is 31.2 Å². The summed E-state index contributed by atoms with van der Waals surface area (Å²) in [4.78, 5) is 16.9. The van der Waals surface area contributed by atoms with Gasteiger partial charge in [-0.3, -0.25) is 9.48 Å². The van der Waals surface area contributed by atoms with Crippen molar-refractivity contribution in [1.29, 1.82) is 0 Å². The van der Waals surface area contributed by atoms with E-state index in [1.807, 2.05) is 0 Å². The largest absolute Gasteiger partial charge is 0.377 e. The summed E-state index contributed by atoms with van der Waals surface area (Å²) in [5.74, 6) is -2.33. The number of pyridine rings is 1. The van der Waals surface area contributed by atoms with Crippen molar-refractivity contribution in [3.63, 3.8) is 0 Å². The SMILES string of the molecule is Cc1c(C(O)(CNC(=O)c2cc(-c3ccc(F)cc3F)on2)c2cccc(Cl)n2)cnn1C. The van der Waals surface area contributed by atoms with Gasteiger partial charge in [0.1, 0.15) is 16.8 Å². The smallest absolute Gasteiger partial charge is 0.273 e. The molecule has 1 atom stereocenters. The molecule has 0 aliphatic heterocycles. The van der Waals surface area contributed by atoms with Crippen LogP contribution in [-0.4, -0.2) is 37.5 Å². The highest BCUT2D eigenvalue weighted by molar-refractivity contribution is 6.29. The van der Waals surface area contributed by atoms with E-state index in [4.69, 9.17) is 16.1 Å². The van der Waals surface area contributed by atoms with E-state index in [-0.39, 0.29) is 34.4 Å². The lowest BCUT2D eigenvalue weighted by Crippen LogP contribution is -2.42. The number of halogens is 3. The van der Waals surface area contributed by atoms with Crippen molar-refractivity contribution in [3.05, 3.63) is 88.1 Å². The number of aryl methyl sites for hydroxylation is 1. The second-order valence-electron chi connectivity index (χ2n) is 7.36. The van der Waals surface area contributed by atoms with Crippen molar-refractivity contribution in [2.75, 3.05) is 6.54 Å². The van der Waals surface area contributed by atoms with Gasteiger partial charge in [0.25, 0.3) is 5.91 Å². The fraction of sp³-hybridized carbons (Fsp3) is 0.182. The maximum absolute atomic E-state index is 14.0. The van der Waals surface area contributed by atoms with E-state index in [0.717, 1.165) is 6.07 Å². The average Bonchev–Trinajstić information content (AvgIpc) is 3.39. The zero-order valence-corrected chi connectivity index (χ0v) is 18.3. The van der Waals surface area contributed by atoms with Crippen molar-refractivity contribution < 1.29 is 23.2 Å². The molecule has 0 radical (unpaired) electrons. The summed E-state index contributed by atoms with van der Waals surface area (Å²) in [5.41, 5.74) is -0.667. The molecule has 4 aromatic rings. The molecule has 1 unspecified atom stereocenters. The number of nitrogens with one attached hydrogen (secondary N) is 1. The Hall–Kier alpha value is -3.63. The van der Waals surface area contributed by atoms with Gasteiger partial charge in [-0.2, -0.15) is 5.10 Å². The molecule has 0 fully saturated rings. The number of aromatic nitrogens is 4. The van der Waals surface area contributed by atoms with Crippen LogP contribution in [0.15, 0.2) is 53.2 Å². The first-order chi connectivity index (χ1) is 15.7. The lowest BCUT2D eigenvalue weighted by atomic mass is 9.90. The Kier molecular flexibility index (Phi) is 5.96. The molecule has 0 spiro atoms. The van der Waals surface area contributed by atoms with E-state index in [1.54, 1.807) is 36.9 Å². The molecule has 3 heterocycles. The maximum Gasteiger partial charge on any atom is 0.273 e. The number of hydrogen-bond donors (Lipinski definition) is 2. The highest BCUT2D eigenvalue weighted by atomic mass is 35.5. The minimum Gasteiger partial charge on any atom is -0.377 e. The molecular formula is C22H18ClF2N5O3. The summed E-state index contributed by atoms with van der Waals surface area (Å²) >= 11 is 6.02. The van der Waals surface area contributed by atoms with Gasteiger partial charge in [0, 0.05) is 30.4 Å². The number of hydrogen-bond acceptors (Lipinski definition) is 6. The average molecular weight is 474 g/mol. The van der Waals surface area contributed by atoms with E-state index in [0.29, 0.717) is 17.3 Å². The van der Waals surface area contributed by atoms with Crippen molar-refractivity contribution >= 4 is 17.5 Å². The molecule has 1 amide bonds. The summed E-state index contributed by atoms with van der Waals surface area (Å²) < 4.78 is 33.8. The lowest BCUT2D eigenvalue weighted by molar-refractivity contribution is 0.0657. The second-order valence-corrected chi connectivity index (χ2v) is 7.74. The third kappa shape index (κ3) is 4.35. The van der Waals surface area contributed by atoms with E-state index < -0.39 is 23.1 Å². The number of amides is 1. The third-order valence-electron chi connectivity index (χ3n) is 5.26. The Morgan fingerprint density at radius 1 is 1.27 bits per heavy atom. The molecule has 1 aromatic carbocycles. The molecule has 8 nitrogen and oxygen atoms in total. The third-order valence-corrected chi connectivity index (χ3v) is 5.47. The molecule has 0 saturated carbocycles. The Morgan fingerprint density at radius 2 is 2.06 bits per heavy atom.